The lowest BCUT2D eigenvalue weighted by atomic mass is 10.2. The summed E-state index contributed by atoms with van der Waals surface area (Å²) in [6.07, 6.45) is 0. The van der Waals surface area contributed by atoms with Gasteiger partial charge >= 0.3 is 0 Å². The molecule has 3 rings (SSSR count). The molecule has 0 aromatic heterocycles. The molecule has 0 N–H and O–H groups in total. The van der Waals surface area contributed by atoms with E-state index in [0.29, 0.717) is 0 Å². The summed E-state index contributed by atoms with van der Waals surface area (Å²) in [6, 6.07) is 26.7. The van der Waals surface area contributed by atoms with Crippen molar-refractivity contribution in [1.82, 2.24) is 0 Å². The van der Waals surface area contributed by atoms with Crippen molar-refractivity contribution in [2.75, 3.05) is 0 Å². The molecular formula is C20H18Si2. The molecule has 0 aliphatic heterocycles. The average Bonchev–Trinajstić information content (AvgIpc) is 2.54. The zero-order valence-electron chi connectivity index (χ0n) is 12.9. The third-order valence-electron chi connectivity index (χ3n) is 3.59. The van der Waals surface area contributed by atoms with E-state index < -0.39 is 0 Å². The number of rotatable bonds is 4. The van der Waals surface area contributed by atoms with Crippen LogP contribution in [-0.4, -0.2) is 19.0 Å². The molecule has 0 nitrogen and oxygen atoms in total. The third-order valence-corrected chi connectivity index (χ3v) is 6.49. The number of aryl methyl sites for hydroxylation is 2. The van der Waals surface area contributed by atoms with Crippen LogP contribution in [0.3, 0.4) is 0 Å². The Morgan fingerprint density at radius 2 is 0.864 bits per heavy atom. The van der Waals surface area contributed by atoms with E-state index in [1.165, 1.54) is 31.9 Å². The predicted molar refractivity (Wildman–Crippen MR) is 98.8 cm³/mol. The first-order chi connectivity index (χ1) is 10.7. The first kappa shape index (κ1) is 15.0. The third kappa shape index (κ3) is 3.84. The van der Waals surface area contributed by atoms with E-state index in [4.69, 9.17) is 0 Å². The van der Waals surface area contributed by atoms with Gasteiger partial charge in [-0.05, 0) is 13.8 Å². The fourth-order valence-electron chi connectivity index (χ4n) is 2.29. The van der Waals surface area contributed by atoms with Gasteiger partial charge in [0.25, 0.3) is 0 Å². The summed E-state index contributed by atoms with van der Waals surface area (Å²) in [4.78, 5) is 0. The predicted octanol–water partition coefficient (Wildman–Crippen LogP) is 1.61. The fourth-order valence-corrected chi connectivity index (χ4v) is 4.74. The Kier molecular flexibility index (Phi) is 4.71. The molecule has 0 amide bonds. The van der Waals surface area contributed by atoms with Gasteiger partial charge in [0, 0.05) is 0 Å². The zero-order chi connectivity index (χ0) is 15.4. The molecular weight excluding hydrogens is 296 g/mol. The van der Waals surface area contributed by atoms with Crippen molar-refractivity contribution in [3.8, 4) is 0 Å². The first-order valence-electron chi connectivity index (χ1n) is 7.47. The molecule has 0 spiro atoms. The minimum atomic E-state index is 0.728. The summed E-state index contributed by atoms with van der Waals surface area (Å²) in [5.74, 6) is 0. The Balaban J connectivity index is 1.83. The van der Waals surface area contributed by atoms with Crippen LogP contribution in [0.2, 0.25) is 0 Å². The van der Waals surface area contributed by atoms with Crippen LogP contribution < -0.4 is 20.7 Å². The van der Waals surface area contributed by atoms with E-state index >= 15 is 0 Å². The lowest BCUT2D eigenvalue weighted by Gasteiger charge is -2.09. The minimum Gasteiger partial charge on any atom is -0.0632 e. The van der Waals surface area contributed by atoms with Gasteiger partial charge in [0.2, 0.25) is 0 Å². The second-order valence-electron chi connectivity index (χ2n) is 5.53. The molecule has 0 aliphatic rings. The largest absolute Gasteiger partial charge is 0.121 e. The minimum absolute atomic E-state index is 0.728. The maximum absolute atomic E-state index is 2.27. The van der Waals surface area contributed by atoms with Gasteiger partial charge in [0.1, 0.15) is 19.0 Å². The van der Waals surface area contributed by atoms with Crippen LogP contribution in [0.5, 0.6) is 0 Å². The molecule has 0 heterocycles. The Morgan fingerprint density at radius 3 is 1.23 bits per heavy atom. The molecule has 3 aromatic carbocycles. The van der Waals surface area contributed by atoms with Crippen molar-refractivity contribution >= 4 is 39.8 Å². The first-order valence-corrected chi connectivity index (χ1v) is 9.47. The van der Waals surface area contributed by atoms with E-state index in [0.717, 1.165) is 19.0 Å². The summed E-state index contributed by atoms with van der Waals surface area (Å²) in [6.45, 7) is 4.28. The summed E-state index contributed by atoms with van der Waals surface area (Å²) in [5.41, 5.74) is 2.65. The zero-order valence-corrected chi connectivity index (χ0v) is 14.9. The van der Waals surface area contributed by atoms with Crippen LogP contribution in [0.15, 0.2) is 72.8 Å². The Labute approximate surface area is 137 Å². The van der Waals surface area contributed by atoms with Crippen molar-refractivity contribution in [2.24, 2.45) is 0 Å². The summed E-state index contributed by atoms with van der Waals surface area (Å²) >= 11 is 0. The van der Waals surface area contributed by atoms with Crippen LogP contribution >= 0.6 is 0 Å². The molecule has 0 bridgehead atoms. The molecule has 106 valence electrons. The van der Waals surface area contributed by atoms with Gasteiger partial charge in [-0.1, -0.05) is 105 Å². The molecule has 0 atom stereocenters. The summed E-state index contributed by atoms with van der Waals surface area (Å²) in [5, 5.41) is 5.74. The summed E-state index contributed by atoms with van der Waals surface area (Å²) < 4.78 is 0. The van der Waals surface area contributed by atoms with Crippen LogP contribution in [0.4, 0.5) is 0 Å². The normalized spacial score (nSPS) is 10.6. The van der Waals surface area contributed by atoms with E-state index in [-0.39, 0.29) is 0 Å². The quantitative estimate of drug-likeness (QED) is 0.642. The van der Waals surface area contributed by atoms with Crippen molar-refractivity contribution in [2.45, 2.75) is 13.8 Å². The second-order valence-corrected chi connectivity index (χ2v) is 8.26. The van der Waals surface area contributed by atoms with E-state index in [9.17, 15) is 0 Å². The molecule has 0 fully saturated rings. The smallest absolute Gasteiger partial charge is 0.0632 e. The fraction of sp³-hybridized carbons (Fsp3) is 0.100. The highest BCUT2D eigenvalue weighted by Gasteiger charge is 2.06. The standard InChI is InChI=1S/C20H18Si2/c1-15-7-11-17(12-8-15)21-19-5-3-4-6-20(19)22-18-13-9-16(2)10-14-18/h3-14H,1-2H3. The molecule has 22 heavy (non-hydrogen) atoms. The Hall–Kier alpha value is -1.91. The van der Waals surface area contributed by atoms with Crippen molar-refractivity contribution in [3.05, 3.63) is 83.9 Å². The maximum Gasteiger partial charge on any atom is 0.121 e. The highest BCUT2D eigenvalue weighted by atomic mass is 28.2. The maximum atomic E-state index is 2.27. The van der Waals surface area contributed by atoms with Gasteiger partial charge in [-0.25, -0.2) is 0 Å². The number of benzene rings is 3. The van der Waals surface area contributed by atoms with Crippen LogP contribution in [-0.2, 0) is 0 Å². The average molecular weight is 315 g/mol. The SMILES string of the molecule is Cc1ccc([Si]c2ccccc2[Si]c2ccc(C)cc2)cc1. The van der Waals surface area contributed by atoms with E-state index in [1.54, 1.807) is 0 Å². The monoisotopic (exact) mass is 314 g/mol. The van der Waals surface area contributed by atoms with Gasteiger partial charge in [0.15, 0.2) is 0 Å². The molecule has 3 aromatic rings. The van der Waals surface area contributed by atoms with Crippen molar-refractivity contribution in [3.63, 3.8) is 0 Å². The molecule has 0 unspecified atom stereocenters. The van der Waals surface area contributed by atoms with Gasteiger partial charge in [-0.2, -0.15) is 0 Å². The Morgan fingerprint density at radius 1 is 0.500 bits per heavy atom. The molecule has 4 radical (unpaired) electrons. The van der Waals surface area contributed by atoms with Gasteiger partial charge in [-0.15, -0.1) is 0 Å². The van der Waals surface area contributed by atoms with E-state index in [2.05, 4.69) is 86.6 Å². The van der Waals surface area contributed by atoms with Crippen molar-refractivity contribution < 1.29 is 0 Å². The van der Waals surface area contributed by atoms with Crippen LogP contribution in [0, 0.1) is 13.8 Å². The molecule has 2 heteroatoms. The van der Waals surface area contributed by atoms with E-state index in [1.807, 2.05) is 0 Å². The van der Waals surface area contributed by atoms with Crippen LogP contribution in [0.1, 0.15) is 11.1 Å². The second kappa shape index (κ2) is 6.90. The lowest BCUT2D eigenvalue weighted by molar-refractivity contribution is 1.49. The molecule has 0 saturated heterocycles. The molecule has 0 aliphatic carbocycles. The van der Waals surface area contributed by atoms with Crippen LogP contribution in [0.25, 0.3) is 0 Å². The van der Waals surface area contributed by atoms with Gasteiger partial charge in [-0.3, -0.25) is 0 Å². The number of hydrogen-bond donors (Lipinski definition) is 0. The highest BCUT2D eigenvalue weighted by molar-refractivity contribution is 6.78. The van der Waals surface area contributed by atoms with Crippen molar-refractivity contribution in [1.29, 1.82) is 0 Å². The number of hydrogen-bond acceptors (Lipinski definition) is 0. The Bertz CT molecular complexity index is 677. The van der Waals surface area contributed by atoms with Gasteiger partial charge < -0.3 is 0 Å². The lowest BCUT2D eigenvalue weighted by Crippen LogP contribution is -2.44. The van der Waals surface area contributed by atoms with Gasteiger partial charge in [0.05, 0.1) is 0 Å². The summed E-state index contributed by atoms with van der Waals surface area (Å²) in [7, 11) is 1.46. The topological polar surface area (TPSA) is 0 Å². The highest BCUT2D eigenvalue weighted by Crippen LogP contribution is 1.94. The molecule has 0 saturated carbocycles.